The van der Waals surface area contributed by atoms with Crippen molar-refractivity contribution in [3.05, 3.63) is 30.0 Å². The number of nitrogens with zero attached hydrogens (tertiary/aromatic N) is 2. The van der Waals surface area contributed by atoms with Gasteiger partial charge in [-0.2, -0.15) is 5.10 Å². The summed E-state index contributed by atoms with van der Waals surface area (Å²) in [5, 5.41) is 18.4. The Morgan fingerprint density at radius 1 is 1.30 bits per heavy atom. The quantitative estimate of drug-likeness (QED) is 0.816. The van der Waals surface area contributed by atoms with Crippen LogP contribution in [0.5, 0.6) is 0 Å². The van der Waals surface area contributed by atoms with Crippen LogP contribution in [0.4, 0.5) is 0 Å². The summed E-state index contributed by atoms with van der Waals surface area (Å²) < 4.78 is 2.05. The number of para-hydroxylation sites is 1. The second-order valence-electron chi connectivity index (χ2n) is 6.02. The van der Waals surface area contributed by atoms with Gasteiger partial charge in [0.05, 0.1) is 11.2 Å². The van der Waals surface area contributed by atoms with E-state index in [1.165, 1.54) is 10.9 Å². The molecule has 1 heterocycles. The van der Waals surface area contributed by atoms with Crippen molar-refractivity contribution in [1.29, 1.82) is 0 Å². The number of hydrogen-bond donors (Lipinski definition) is 2. The zero-order valence-electron chi connectivity index (χ0n) is 12.7. The van der Waals surface area contributed by atoms with Crippen molar-refractivity contribution in [3.8, 4) is 0 Å². The van der Waals surface area contributed by atoms with Crippen LogP contribution >= 0.6 is 0 Å². The third kappa shape index (κ3) is 3.38. The first kappa shape index (κ1) is 15.0. The van der Waals surface area contributed by atoms with Gasteiger partial charge in [-0.25, -0.2) is 0 Å². The van der Waals surface area contributed by atoms with Gasteiger partial charge in [0.2, 0.25) is 0 Å². The average molecular weight is 275 g/mol. The van der Waals surface area contributed by atoms with E-state index in [1.807, 2.05) is 4.68 Å². The molecule has 0 spiro atoms. The standard InChI is InChI=1S/C16H25N3O/c1-4-19-15-8-6-5-7-13(15)14(18-19)11-17-12-16(2,3)9-10-20/h5-8,17,20H,4,9-12H2,1-3H3. The highest BCUT2D eigenvalue weighted by atomic mass is 16.3. The number of aromatic nitrogens is 2. The maximum Gasteiger partial charge on any atom is 0.0841 e. The summed E-state index contributed by atoms with van der Waals surface area (Å²) in [7, 11) is 0. The van der Waals surface area contributed by atoms with Crippen molar-refractivity contribution in [2.75, 3.05) is 13.2 Å². The summed E-state index contributed by atoms with van der Waals surface area (Å²) in [5.41, 5.74) is 2.40. The summed E-state index contributed by atoms with van der Waals surface area (Å²) >= 11 is 0. The van der Waals surface area contributed by atoms with E-state index in [0.717, 1.165) is 31.7 Å². The van der Waals surface area contributed by atoms with Crippen LogP contribution < -0.4 is 5.32 Å². The second-order valence-corrected chi connectivity index (χ2v) is 6.02. The number of aliphatic hydroxyl groups excluding tert-OH is 1. The molecule has 0 atom stereocenters. The predicted molar refractivity (Wildman–Crippen MR) is 82.6 cm³/mol. The molecule has 0 radical (unpaired) electrons. The molecule has 0 aliphatic carbocycles. The Hall–Kier alpha value is -1.39. The molecule has 1 aromatic carbocycles. The largest absolute Gasteiger partial charge is 0.396 e. The van der Waals surface area contributed by atoms with Crippen LogP contribution in [0.25, 0.3) is 10.9 Å². The molecule has 0 aliphatic heterocycles. The first-order chi connectivity index (χ1) is 9.57. The van der Waals surface area contributed by atoms with Crippen LogP contribution in [0.2, 0.25) is 0 Å². The number of benzene rings is 1. The average Bonchev–Trinajstić information content (AvgIpc) is 2.77. The summed E-state index contributed by atoms with van der Waals surface area (Å²) in [4.78, 5) is 0. The summed E-state index contributed by atoms with van der Waals surface area (Å²) in [6.45, 7) is 9.21. The molecule has 0 saturated carbocycles. The highest BCUT2D eigenvalue weighted by molar-refractivity contribution is 5.81. The maximum atomic E-state index is 9.05. The molecule has 0 amide bonds. The molecule has 4 nitrogen and oxygen atoms in total. The van der Waals surface area contributed by atoms with Crippen LogP contribution in [0.1, 0.15) is 32.9 Å². The third-order valence-corrected chi connectivity index (χ3v) is 3.72. The molecule has 0 unspecified atom stereocenters. The Labute approximate surface area is 120 Å². The molecule has 1 aromatic heterocycles. The fourth-order valence-electron chi connectivity index (χ4n) is 2.48. The van der Waals surface area contributed by atoms with Gasteiger partial charge in [-0.3, -0.25) is 4.68 Å². The zero-order chi connectivity index (χ0) is 14.6. The maximum absolute atomic E-state index is 9.05. The van der Waals surface area contributed by atoms with Crippen molar-refractivity contribution >= 4 is 10.9 Å². The lowest BCUT2D eigenvalue weighted by Gasteiger charge is -2.23. The highest BCUT2D eigenvalue weighted by Gasteiger charge is 2.17. The van der Waals surface area contributed by atoms with Gasteiger partial charge in [-0.05, 0) is 24.8 Å². The van der Waals surface area contributed by atoms with E-state index in [0.29, 0.717) is 0 Å². The number of hydrogen-bond acceptors (Lipinski definition) is 3. The monoisotopic (exact) mass is 275 g/mol. The molecule has 2 rings (SSSR count). The molecule has 0 fully saturated rings. The van der Waals surface area contributed by atoms with Crippen molar-refractivity contribution in [1.82, 2.24) is 15.1 Å². The summed E-state index contributed by atoms with van der Waals surface area (Å²) in [6, 6.07) is 8.36. The Balaban J connectivity index is 2.07. The highest BCUT2D eigenvalue weighted by Crippen LogP contribution is 2.20. The molecule has 20 heavy (non-hydrogen) atoms. The Morgan fingerprint density at radius 2 is 2.05 bits per heavy atom. The summed E-state index contributed by atoms with van der Waals surface area (Å²) in [6.07, 6.45) is 0.810. The predicted octanol–water partition coefficient (Wildman–Crippen LogP) is 2.55. The van der Waals surface area contributed by atoms with E-state index in [4.69, 9.17) is 5.11 Å². The molecule has 0 saturated heterocycles. The minimum Gasteiger partial charge on any atom is -0.396 e. The number of fused-ring (bicyclic) bond motifs is 1. The van der Waals surface area contributed by atoms with Gasteiger partial charge in [0.25, 0.3) is 0 Å². The van der Waals surface area contributed by atoms with Gasteiger partial charge in [-0.1, -0.05) is 32.0 Å². The number of aryl methyl sites for hydroxylation is 1. The van der Waals surface area contributed by atoms with Gasteiger partial charge in [0.1, 0.15) is 0 Å². The molecule has 110 valence electrons. The molecule has 0 bridgehead atoms. The van der Waals surface area contributed by atoms with Crippen LogP contribution in [-0.4, -0.2) is 28.0 Å². The topological polar surface area (TPSA) is 50.1 Å². The minimum absolute atomic E-state index is 0.109. The molecule has 4 heteroatoms. The second kappa shape index (κ2) is 6.37. The fraction of sp³-hybridized carbons (Fsp3) is 0.562. The van der Waals surface area contributed by atoms with Gasteiger partial charge in [-0.15, -0.1) is 0 Å². The molecular formula is C16H25N3O. The lowest BCUT2D eigenvalue weighted by molar-refractivity contribution is 0.207. The fourth-order valence-corrected chi connectivity index (χ4v) is 2.48. The number of nitrogens with one attached hydrogen (secondary N) is 1. The molecule has 2 aromatic rings. The lowest BCUT2D eigenvalue weighted by Crippen LogP contribution is -2.30. The zero-order valence-corrected chi connectivity index (χ0v) is 12.7. The van der Waals surface area contributed by atoms with Gasteiger partial charge in [0, 0.05) is 31.6 Å². The van der Waals surface area contributed by atoms with Gasteiger partial charge >= 0.3 is 0 Å². The van der Waals surface area contributed by atoms with Crippen LogP contribution in [0, 0.1) is 5.41 Å². The molecule has 2 N–H and O–H groups in total. The van der Waals surface area contributed by atoms with Crippen molar-refractivity contribution in [2.45, 2.75) is 40.3 Å². The van der Waals surface area contributed by atoms with Gasteiger partial charge < -0.3 is 10.4 Å². The van der Waals surface area contributed by atoms with E-state index < -0.39 is 0 Å². The SMILES string of the molecule is CCn1nc(CNCC(C)(C)CCO)c2ccccc21. The Bertz CT molecular complexity index is 560. The van der Waals surface area contributed by atoms with Gasteiger partial charge in [0.15, 0.2) is 0 Å². The number of aliphatic hydroxyl groups is 1. The third-order valence-electron chi connectivity index (χ3n) is 3.72. The smallest absolute Gasteiger partial charge is 0.0841 e. The van der Waals surface area contributed by atoms with Crippen molar-refractivity contribution in [3.63, 3.8) is 0 Å². The van der Waals surface area contributed by atoms with Crippen molar-refractivity contribution < 1.29 is 5.11 Å². The summed E-state index contributed by atoms with van der Waals surface area (Å²) in [5.74, 6) is 0. The molecule has 0 aliphatic rings. The van der Waals surface area contributed by atoms with E-state index in [9.17, 15) is 0 Å². The van der Waals surface area contributed by atoms with E-state index in [-0.39, 0.29) is 12.0 Å². The van der Waals surface area contributed by atoms with E-state index in [2.05, 4.69) is 55.5 Å². The normalized spacial score (nSPS) is 12.2. The Morgan fingerprint density at radius 3 is 2.75 bits per heavy atom. The van der Waals surface area contributed by atoms with Crippen LogP contribution in [-0.2, 0) is 13.1 Å². The van der Waals surface area contributed by atoms with Crippen LogP contribution in [0.3, 0.4) is 0 Å². The number of rotatable bonds is 7. The Kier molecular flexibility index (Phi) is 4.78. The first-order valence-corrected chi connectivity index (χ1v) is 7.33. The lowest BCUT2D eigenvalue weighted by atomic mass is 9.90. The first-order valence-electron chi connectivity index (χ1n) is 7.33. The minimum atomic E-state index is 0.109. The molecular weight excluding hydrogens is 250 g/mol. The van der Waals surface area contributed by atoms with E-state index >= 15 is 0 Å². The van der Waals surface area contributed by atoms with Crippen molar-refractivity contribution in [2.24, 2.45) is 5.41 Å². The van der Waals surface area contributed by atoms with E-state index in [1.54, 1.807) is 0 Å². The van der Waals surface area contributed by atoms with Crippen LogP contribution in [0.15, 0.2) is 24.3 Å².